The maximum absolute atomic E-state index is 12.6. The van der Waals surface area contributed by atoms with Crippen molar-refractivity contribution in [1.82, 2.24) is 14.9 Å². The maximum atomic E-state index is 12.6. The number of benzene rings is 1. The van der Waals surface area contributed by atoms with Gasteiger partial charge >= 0.3 is 0 Å². The third-order valence-corrected chi connectivity index (χ3v) is 4.17. The van der Waals surface area contributed by atoms with Crippen LogP contribution in [0.1, 0.15) is 28.9 Å². The Balaban J connectivity index is 1.71. The van der Waals surface area contributed by atoms with Crippen molar-refractivity contribution in [1.29, 1.82) is 0 Å². The van der Waals surface area contributed by atoms with E-state index in [-0.39, 0.29) is 5.91 Å². The summed E-state index contributed by atoms with van der Waals surface area (Å²) in [5.74, 6) is 1.43. The largest absolute Gasteiger partial charge is 0.497 e. The van der Waals surface area contributed by atoms with Gasteiger partial charge in [0.15, 0.2) is 0 Å². The molecule has 0 radical (unpaired) electrons. The highest BCUT2D eigenvalue weighted by Crippen LogP contribution is 2.18. The van der Waals surface area contributed by atoms with Gasteiger partial charge in [0.1, 0.15) is 17.3 Å². The van der Waals surface area contributed by atoms with E-state index in [9.17, 15) is 4.79 Å². The summed E-state index contributed by atoms with van der Waals surface area (Å²) in [7, 11) is 3.40. The van der Waals surface area contributed by atoms with E-state index in [1.807, 2.05) is 24.3 Å². The van der Waals surface area contributed by atoms with E-state index in [4.69, 9.17) is 4.74 Å². The standard InChI is InChI=1S/C18H22N4O2/c1-21(13-14-6-5-7-15(10-14)24-2)18(23)16-11-19-12-17(20-16)22-8-3-4-9-22/h5-7,10-12H,3-4,8-9,13H2,1-2H3. The fraction of sp³-hybridized carbons (Fsp3) is 0.389. The molecule has 0 saturated carbocycles. The topological polar surface area (TPSA) is 58.6 Å². The van der Waals surface area contributed by atoms with Gasteiger partial charge in [-0.2, -0.15) is 0 Å². The molecule has 6 nitrogen and oxygen atoms in total. The molecule has 1 aliphatic heterocycles. The number of aromatic nitrogens is 2. The second-order valence-electron chi connectivity index (χ2n) is 5.97. The maximum Gasteiger partial charge on any atom is 0.274 e. The molecule has 6 heteroatoms. The smallest absolute Gasteiger partial charge is 0.274 e. The Bertz CT molecular complexity index is 714. The van der Waals surface area contributed by atoms with Gasteiger partial charge in [-0.05, 0) is 30.5 Å². The molecule has 1 saturated heterocycles. The average Bonchev–Trinajstić information content (AvgIpc) is 3.16. The molecule has 0 aliphatic carbocycles. The Morgan fingerprint density at radius 3 is 2.83 bits per heavy atom. The molecule has 1 aromatic carbocycles. The van der Waals surface area contributed by atoms with E-state index in [1.54, 1.807) is 25.3 Å². The van der Waals surface area contributed by atoms with E-state index in [0.717, 1.165) is 43.1 Å². The van der Waals surface area contributed by atoms with Gasteiger partial charge in [0.05, 0.1) is 19.5 Å². The molecule has 0 atom stereocenters. The molecular formula is C18H22N4O2. The Labute approximate surface area is 142 Å². The Hall–Kier alpha value is -2.63. The van der Waals surface area contributed by atoms with Crippen LogP contribution < -0.4 is 9.64 Å². The van der Waals surface area contributed by atoms with Crippen LogP contribution in [0.5, 0.6) is 5.75 Å². The van der Waals surface area contributed by atoms with Crippen molar-refractivity contribution in [2.24, 2.45) is 0 Å². The first-order valence-electron chi connectivity index (χ1n) is 8.13. The van der Waals surface area contributed by atoms with Crippen molar-refractivity contribution in [3.63, 3.8) is 0 Å². The third-order valence-electron chi connectivity index (χ3n) is 4.17. The fourth-order valence-electron chi connectivity index (χ4n) is 2.87. The molecule has 0 N–H and O–H groups in total. The van der Waals surface area contributed by atoms with E-state index in [1.165, 1.54) is 6.20 Å². The number of anilines is 1. The van der Waals surface area contributed by atoms with Crippen LogP contribution in [0, 0.1) is 0 Å². The van der Waals surface area contributed by atoms with Gasteiger partial charge in [-0.1, -0.05) is 12.1 Å². The molecule has 1 aromatic heterocycles. The number of carbonyl (C=O) groups is 1. The lowest BCUT2D eigenvalue weighted by Gasteiger charge is -2.19. The first-order valence-corrected chi connectivity index (χ1v) is 8.13. The zero-order valence-electron chi connectivity index (χ0n) is 14.1. The van der Waals surface area contributed by atoms with Crippen molar-refractivity contribution in [2.75, 3.05) is 32.1 Å². The van der Waals surface area contributed by atoms with Gasteiger partial charge in [0.2, 0.25) is 0 Å². The van der Waals surface area contributed by atoms with Gasteiger partial charge in [-0.25, -0.2) is 4.98 Å². The third kappa shape index (κ3) is 3.64. The van der Waals surface area contributed by atoms with Crippen LogP contribution in [-0.4, -0.2) is 48.0 Å². The highest BCUT2D eigenvalue weighted by atomic mass is 16.5. The quantitative estimate of drug-likeness (QED) is 0.844. The van der Waals surface area contributed by atoms with Gasteiger partial charge in [-0.3, -0.25) is 9.78 Å². The predicted molar refractivity (Wildman–Crippen MR) is 92.3 cm³/mol. The number of amides is 1. The Morgan fingerprint density at radius 2 is 2.08 bits per heavy atom. The summed E-state index contributed by atoms with van der Waals surface area (Å²) in [5.41, 5.74) is 1.39. The Kier molecular flexibility index (Phi) is 4.93. The number of rotatable bonds is 5. The van der Waals surface area contributed by atoms with Gasteiger partial charge in [0.25, 0.3) is 5.91 Å². The van der Waals surface area contributed by atoms with Gasteiger partial charge in [-0.15, -0.1) is 0 Å². The number of methoxy groups -OCH3 is 1. The van der Waals surface area contributed by atoms with Crippen molar-refractivity contribution in [3.05, 3.63) is 47.9 Å². The van der Waals surface area contributed by atoms with Crippen LogP contribution in [0.3, 0.4) is 0 Å². The molecule has 0 spiro atoms. The molecule has 3 rings (SSSR count). The lowest BCUT2D eigenvalue weighted by molar-refractivity contribution is 0.0779. The van der Waals surface area contributed by atoms with E-state index in [0.29, 0.717) is 12.2 Å². The SMILES string of the molecule is COc1cccc(CN(C)C(=O)c2cncc(N3CCCC3)n2)c1. The van der Waals surface area contributed by atoms with Gasteiger partial charge < -0.3 is 14.5 Å². The van der Waals surface area contributed by atoms with Crippen LogP contribution in [-0.2, 0) is 6.54 Å². The molecule has 2 aromatic rings. The van der Waals surface area contributed by atoms with E-state index in [2.05, 4.69) is 14.9 Å². The summed E-state index contributed by atoms with van der Waals surface area (Å²) in [4.78, 5) is 25.2. The highest BCUT2D eigenvalue weighted by molar-refractivity contribution is 5.92. The predicted octanol–water partition coefficient (Wildman–Crippen LogP) is 2.36. The first kappa shape index (κ1) is 16.2. The summed E-state index contributed by atoms with van der Waals surface area (Å²) in [6.07, 6.45) is 5.58. The number of nitrogens with zero attached hydrogens (tertiary/aromatic N) is 4. The number of ether oxygens (including phenoxy) is 1. The van der Waals surface area contributed by atoms with Crippen LogP contribution in [0.25, 0.3) is 0 Å². The normalized spacial score (nSPS) is 13.8. The fourth-order valence-corrected chi connectivity index (χ4v) is 2.87. The summed E-state index contributed by atoms with van der Waals surface area (Å²) in [5, 5.41) is 0. The summed E-state index contributed by atoms with van der Waals surface area (Å²) < 4.78 is 5.22. The number of hydrogen-bond acceptors (Lipinski definition) is 5. The molecule has 2 heterocycles. The molecule has 24 heavy (non-hydrogen) atoms. The van der Waals surface area contributed by atoms with Crippen LogP contribution in [0.4, 0.5) is 5.82 Å². The monoisotopic (exact) mass is 326 g/mol. The van der Waals surface area contributed by atoms with E-state index < -0.39 is 0 Å². The van der Waals surface area contributed by atoms with Crippen molar-refractivity contribution in [2.45, 2.75) is 19.4 Å². The number of carbonyl (C=O) groups excluding carboxylic acids is 1. The minimum Gasteiger partial charge on any atom is -0.497 e. The second kappa shape index (κ2) is 7.29. The molecule has 0 bridgehead atoms. The average molecular weight is 326 g/mol. The summed E-state index contributed by atoms with van der Waals surface area (Å²) in [6.45, 7) is 2.45. The van der Waals surface area contributed by atoms with Crippen molar-refractivity contribution in [3.8, 4) is 5.75 Å². The Morgan fingerprint density at radius 1 is 1.29 bits per heavy atom. The zero-order valence-corrected chi connectivity index (χ0v) is 14.1. The minimum absolute atomic E-state index is 0.133. The number of hydrogen-bond donors (Lipinski definition) is 0. The first-order chi connectivity index (χ1) is 11.7. The van der Waals surface area contributed by atoms with Crippen LogP contribution in [0.15, 0.2) is 36.7 Å². The van der Waals surface area contributed by atoms with Crippen molar-refractivity contribution < 1.29 is 9.53 Å². The zero-order chi connectivity index (χ0) is 16.9. The molecule has 126 valence electrons. The summed E-state index contributed by atoms with van der Waals surface area (Å²) >= 11 is 0. The highest BCUT2D eigenvalue weighted by Gasteiger charge is 2.18. The summed E-state index contributed by atoms with van der Waals surface area (Å²) in [6, 6.07) is 7.70. The van der Waals surface area contributed by atoms with Crippen LogP contribution >= 0.6 is 0 Å². The lowest BCUT2D eigenvalue weighted by atomic mass is 10.2. The van der Waals surface area contributed by atoms with Gasteiger partial charge in [0, 0.05) is 26.7 Å². The molecule has 1 fully saturated rings. The van der Waals surface area contributed by atoms with Crippen LogP contribution in [0.2, 0.25) is 0 Å². The molecule has 1 amide bonds. The minimum atomic E-state index is -0.133. The van der Waals surface area contributed by atoms with E-state index >= 15 is 0 Å². The molecule has 1 aliphatic rings. The van der Waals surface area contributed by atoms with Crippen molar-refractivity contribution >= 4 is 11.7 Å². The molecular weight excluding hydrogens is 304 g/mol. The second-order valence-corrected chi connectivity index (χ2v) is 5.97. The molecule has 0 unspecified atom stereocenters. The lowest BCUT2D eigenvalue weighted by Crippen LogP contribution is -2.28.